The molecule has 2 nitrogen and oxygen atoms in total. The average Bonchev–Trinajstić information content (AvgIpc) is 2.99. The molecule has 4 rings (SSSR count). The molecular formula is C19H15NOS. The molecule has 0 atom stereocenters. The Hall–Kier alpha value is -2.39. The largest absolute Gasteiger partial charge is 0.310 e. The molecular weight excluding hydrogens is 290 g/mol. The number of nitrogens with zero attached hydrogens (tertiary/aromatic N) is 1. The van der Waals surface area contributed by atoms with E-state index in [0.717, 1.165) is 31.4 Å². The standard InChI is InChI=1S/C19H15NOS/c1-12-8-9-16-14(10-12)15-11-17(13-6-4-3-5-7-13)22-18(15)19(21)20(16)2/h3-11H,1-2H3. The van der Waals surface area contributed by atoms with Crippen molar-refractivity contribution >= 4 is 32.3 Å². The van der Waals surface area contributed by atoms with E-state index in [1.807, 2.05) is 31.3 Å². The number of pyridine rings is 1. The van der Waals surface area contributed by atoms with E-state index in [2.05, 4.69) is 37.3 Å². The summed E-state index contributed by atoms with van der Waals surface area (Å²) < 4.78 is 2.59. The Kier molecular flexibility index (Phi) is 2.91. The van der Waals surface area contributed by atoms with Crippen molar-refractivity contribution in [1.82, 2.24) is 4.57 Å². The van der Waals surface area contributed by atoms with Crippen molar-refractivity contribution < 1.29 is 0 Å². The van der Waals surface area contributed by atoms with Gasteiger partial charge in [0.2, 0.25) is 0 Å². The molecule has 0 saturated heterocycles. The molecule has 0 aliphatic rings. The number of rotatable bonds is 1. The Morgan fingerprint density at radius 2 is 1.73 bits per heavy atom. The van der Waals surface area contributed by atoms with E-state index in [-0.39, 0.29) is 5.56 Å². The number of fused-ring (bicyclic) bond motifs is 3. The van der Waals surface area contributed by atoms with Gasteiger partial charge in [-0.3, -0.25) is 4.79 Å². The van der Waals surface area contributed by atoms with E-state index in [0.29, 0.717) is 0 Å². The van der Waals surface area contributed by atoms with Gasteiger partial charge in [0.15, 0.2) is 0 Å². The topological polar surface area (TPSA) is 22.0 Å². The van der Waals surface area contributed by atoms with Crippen molar-refractivity contribution in [3.63, 3.8) is 0 Å². The average molecular weight is 305 g/mol. The zero-order chi connectivity index (χ0) is 15.3. The Balaban J connectivity index is 2.15. The van der Waals surface area contributed by atoms with Crippen LogP contribution in [0.3, 0.4) is 0 Å². The highest BCUT2D eigenvalue weighted by molar-refractivity contribution is 7.22. The first-order chi connectivity index (χ1) is 10.6. The van der Waals surface area contributed by atoms with Crippen LogP contribution in [0, 0.1) is 6.92 Å². The predicted molar refractivity (Wildman–Crippen MR) is 94.7 cm³/mol. The molecule has 22 heavy (non-hydrogen) atoms. The van der Waals surface area contributed by atoms with Crippen LogP contribution < -0.4 is 5.56 Å². The maximum Gasteiger partial charge on any atom is 0.268 e. The molecule has 2 aromatic heterocycles. The number of thiophene rings is 1. The van der Waals surface area contributed by atoms with Crippen LogP contribution in [0.15, 0.2) is 59.4 Å². The van der Waals surface area contributed by atoms with E-state index < -0.39 is 0 Å². The lowest BCUT2D eigenvalue weighted by molar-refractivity contribution is 0.920. The van der Waals surface area contributed by atoms with Gasteiger partial charge in [0.05, 0.1) is 5.52 Å². The molecule has 0 unspecified atom stereocenters. The molecule has 2 aromatic carbocycles. The first-order valence-electron chi connectivity index (χ1n) is 7.23. The monoisotopic (exact) mass is 305 g/mol. The Morgan fingerprint density at radius 1 is 0.955 bits per heavy atom. The second-order valence-electron chi connectivity index (χ2n) is 5.60. The summed E-state index contributed by atoms with van der Waals surface area (Å²) in [7, 11) is 1.85. The number of hydrogen-bond donors (Lipinski definition) is 0. The Labute approximate surface area is 132 Å². The van der Waals surface area contributed by atoms with Crippen LogP contribution >= 0.6 is 11.3 Å². The first-order valence-corrected chi connectivity index (χ1v) is 8.05. The maximum absolute atomic E-state index is 12.6. The molecule has 2 heterocycles. The zero-order valence-corrected chi connectivity index (χ0v) is 13.3. The third-order valence-corrected chi connectivity index (χ3v) is 5.26. The fourth-order valence-corrected chi connectivity index (χ4v) is 4.07. The van der Waals surface area contributed by atoms with E-state index in [1.54, 1.807) is 15.9 Å². The van der Waals surface area contributed by atoms with Gasteiger partial charge in [-0.15, -0.1) is 11.3 Å². The highest BCUT2D eigenvalue weighted by Crippen LogP contribution is 2.35. The van der Waals surface area contributed by atoms with Gasteiger partial charge in [0.1, 0.15) is 4.70 Å². The van der Waals surface area contributed by atoms with Crippen molar-refractivity contribution in [2.45, 2.75) is 6.92 Å². The van der Waals surface area contributed by atoms with Crippen molar-refractivity contribution in [2.24, 2.45) is 7.05 Å². The van der Waals surface area contributed by atoms with E-state index in [1.165, 1.54) is 5.56 Å². The summed E-state index contributed by atoms with van der Waals surface area (Å²) >= 11 is 1.58. The van der Waals surface area contributed by atoms with Crippen molar-refractivity contribution in [1.29, 1.82) is 0 Å². The summed E-state index contributed by atoms with van der Waals surface area (Å²) in [5.41, 5.74) is 3.44. The molecule has 0 radical (unpaired) electrons. The number of hydrogen-bond acceptors (Lipinski definition) is 2. The second kappa shape index (κ2) is 4.82. The zero-order valence-electron chi connectivity index (χ0n) is 12.5. The van der Waals surface area contributed by atoms with Gasteiger partial charge in [-0.2, -0.15) is 0 Å². The van der Waals surface area contributed by atoms with Crippen LogP contribution in [-0.2, 0) is 7.05 Å². The van der Waals surface area contributed by atoms with Gasteiger partial charge in [0, 0.05) is 22.7 Å². The minimum Gasteiger partial charge on any atom is -0.310 e. The third kappa shape index (κ3) is 1.90. The van der Waals surface area contributed by atoms with Gasteiger partial charge >= 0.3 is 0 Å². The Morgan fingerprint density at radius 3 is 2.50 bits per heavy atom. The fourth-order valence-electron chi connectivity index (χ4n) is 2.91. The molecule has 0 bridgehead atoms. The van der Waals surface area contributed by atoms with Crippen LogP contribution in [0.2, 0.25) is 0 Å². The van der Waals surface area contributed by atoms with Crippen molar-refractivity contribution in [2.75, 3.05) is 0 Å². The molecule has 0 aliphatic carbocycles. The lowest BCUT2D eigenvalue weighted by Gasteiger charge is -2.06. The number of benzene rings is 2. The summed E-state index contributed by atoms with van der Waals surface area (Å²) in [6, 6.07) is 18.6. The lowest BCUT2D eigenvalue weighted by Crippen LogP contribution is -2.16. The SMILES string of the molecule is Cc1ccc2c(c1)c1cc(-c3ccccc3)sc1c(=O)n2C. The van der Waals surface area contributed by atoms with E-state index in [4.69, 9.17) is 0 Å². The summed E-state index contributed by atoms with van der Waals surface area (Å²) in [4.78, 5) is 13.8. The van der Waals surface area contributed by atoms with Crippen molar-refractivity contribution in [3.05, 3.63) is 70.5 Å². The molecule has 0 spiro atoms. The smallest absolute Gasteiger partial charge is 0.268 e. The molecule has 0 saturated carbocycles. The van der Waals surface area contributed by atoms with E-state index in [9.17, 15) is 4.79 Å². The van der Waals surface area contributed by atoms with Crippen LogP contribution in [0.5, 0.6) is 0 Å². The normalized spacial score (nSPS) is 11.4. The highest BCUT2D eigenvalue weighted by atomic mass is 32.1. The third-order valence-electron chi connectivity index (χ3n) is 4.09. The van der Waals surface area contributed by atoms with Gasteiger partial charge < -0.3 is 4.57 Å². The number of aromatic nitrogens is 1. The van der Waals surface area contributed by atoms with Gasteiger partial charge in [-0.25, -0.2) is 0 Å². The maximum atomic E-state index is 12.6. The summed E-state index contributed by atoms with van der Waals surface area (Å²) in [5, 5.41) is 2.21. The van der Waals surface area contributed by atoms with Gasteiger partial charge in [-0.1, -0.05) is 42.0 Å². The lowest BCUT2D eigenvalue weighted by atomic mass is 10.1. The molecule has 0 amide bonds. The Bertz CT molecular complexity index is 1060. The molecule has 108 valence electrons. The number of aryl methyl sites for hydroxylation is 2. The van der Waals surface area contributed by atoms with Gasteiger partial charge in [0.25, 0.3) is 5.56 Å². The van der Waals surface area contributed by atoms with Crippen LogP contribution in [-0.4, -0.2) is 4.57 Å². The van der Waals surface area contributed by atoms with Gasteiger partial charge in [-0.05, 0) is 30.7 Å². The minimum absolute atomic E-state index is 0.0820. The van der Waals surface area contributed by atoms with Crippen LogP contribution in [0.1, 0.15) is 5.56 Å². The molecule has 3 heteroatoms. The van der Waals surface area contributed by atoms with E-state index >= 15 is 0 Å². The first kappa shape index (κ1) is 13.3. The minimum atomic E-state index is 0.0820. The molecule has 0 fully saturated rings. The second-order valence-corrected chi connectivity index (χ2v) is 6.66. The quantitative estimate of drug-likeness (QED) is 0.498. The molecule has 0 aliphatic heterocycles. The van der Waals surface area contributed by atoms with Crippen molar-refractivity contribution in [3.8, 4) is 10.4 Å². The predicted octanol–water partition coefficient (Wildman–Crippen LogP) is 4.73. The molecule has 4 aromatic rings. The summed E-state index contributed by atoms with van der Waals surface area (Å²) in [6.07, 6.45) is 0. The summed E-state index contributed by atoms with van der Waals surface area (Å²) in [5.74, 6) is 0. The summed E-state index contributed by atoms with van der Waals surface area (Å²) in [6.45, 7) is 2.08. The van der Waals surface area contributed by atoms with Crippen LogP contribution in [0.4, 0.5) is 0 Å². The highest BCUT2D eigenvalue weighted by Gasteiger charge is 2.13. The van der Waals surface area contributed by atoms with Crippen LogP contribution in [0.25, 0.3) is 31.4 Å². The molecule has 0 N–H and O–H groups in total. The fraction of sp³-hybridized carbons (Fsp3) is 0.105.